The molecule has 7 heteroatoms. The molecule has 0 saturated carbocycles. The lowest BCUT2D eigenvalue weighted by Crippen LogP contribution is -2.37. The number of phenolic OH excluding ortho intramolecular Hbond substituents is 1. The Bertz CT molecular complexity index is 1100. The lowest BCUT2D eigenvalue weighted by molar-refractivity contribution is -0.164. The van der Waals surface area contributed by atoms with Crippen molar-refractivity contribution >= 4 is 22.6 Å². The van der Waals surface area contributed by atoms with Gasteiger partial charge in [0.2, 0.25) is 6.29 Å². The van der Waals surface area contributed by atoms with Gasteiger partial charge in [-0.1, -0.05) is 30.3 Å². The van der Waals surface area contributed by atoms with Gasteiger partial charge in [0, 0.05) is 36.0 Å². The van der Waals surface area contributed by atoms with Crippen LogP contribution in [0.2, 0.25) is 0 Å². The van der Waals surface area contributed by atoms with Gasteiger partial charge in [-0.2, -0.15) is 0 Å². The van der Waals surface area contributed by atoms with E-state index in [4.69, 9.17) is 13.9 Å². The van der Waals surface area contributed by atoms with Crippen LogP contribution in [0, 0.1) is 5.92 Å². The molecule has 0 spiro atoms. The van der Waals surface area contributed by atoms with Crippen LogP contribution >= 0.6 is 0 Å². The topological polar surface area (TPSA) is 101 Å². The third-order valence-corrected chi connectivity index (χ3v) is 5.66. The Morgan fingerprint density at radius 1 is 1.16 bits per heavy atom. The zero-order valence-electron chi connectivity index (χ0n) is 17.9. The summed E-state index contributed by atoms with van der Waals surface area (Å²) in [5.41, 5.74) is 1.99. The highest BCUT2D eigenvalue weighted by Crippen LogP contribution is 2.42. The maximum atomic E-state index is 13.0. The first-order valence-corrected chi connectivity index (χ1v) is 10.8. The number of phenols is 1. The van der Waals surface area contributed by atoms with E-state index in [1.54, 1.807) is 30.5 Å². The van der Waals surface area contributed by atoms with Crippen LogP contribution in [-0.4, -0.2) is 35.6 Å². The Morgan fingerprint density at radius 2 is 1.94 bits per heavy atom. The number of furan rings is 1. The molecule has 3 atom stereocenters. The Labute approximate surface area is 186 Å². The van der Waals surface area contributed by atoms with Crippen molar-refractivity contribution < 1.29 is 28.9 Å². The maximum absolute atomic E-state index is 13.0. The third kappa shape index (κ3) is 4.49. The van der Waals surface area contributed by atoms with Gasteiger partial charge >= 0.3 is 0 Å². The fraction of sp³-hybridized carbons (Fsp3) is 0.320. The smallest absolute Gasteiger partial charge is 0.290 e. The monoisotopic (exact) mass is 437 g/mol. The number of rotatable bonds is 8. The third-order valence-electron chi connectivity index (χ3n) is 5.66. The van der Waals surface area contributed by atoms with Crippen molar-refractivity contribution in [3.63, 3.8) is 0 Å². The van der Waals surface area contributed by atoms with Crippen molar-refractivity contribution in [3.8, 4) is 5.75 Å². The van der Waals surface area contributed by atoms with Crippen molar-refractivity contribution in [2.75, 3.05) is 18.5 Å². The molecule has 1 aliphatic rings. The van der Waals surface area contributed by atoms with Gasteiger partial charge in [-0.05, 0) is 44.0 Å². The summed E-state index contributed by atoms with van der Waals surface area (Å²) in [6.07, 6.45) is 4.06. The molecule has 1 aromatic heterocycles. The number of anilines is 1. The number of ether oxygens (including phenoxy) is 2. The lowest BCUT2D eigenvalue weighted by Gasteiger charge is -2.36. The van der Waals surface area contributed by atoms with Crippen LogP contribution in [0.25, 0.3) is 11.0 Å². The minimum Gasteiger partial charge on any atom is -0.506 e. The fourth-order valence-electron chi connectivity index (χ4n) is 4.14. The molecule has 0 fully saturated rings. The van der Waals surface area contributed by atoms with E-state index in [1.807, 2.05) is 31.2 Å². The van der Waals surface area contributed by atoms with E-state index >= 15 is 0 Å². The van der Waals surface area contributed by atoms with E-state index in [0.717, 1.165) is 16.5 Å². The number of nitrogens with one attached hydrogen (secondary N) is 1. The summed E-state index contributed by atoms with van der Waals surface area (Å²) in [5.74, 6) is -0.737. The van der Waals surface area contributed by atoms with E-state index in [1.165, 1.54) is 6.07 Å². The number of hydrogen-bond donors (Lipinski definition) is 3. The van der Waals surface area contributed by atoms with Crippen LogP contribution in [-0.2, 0) is 14.3 Å². The number of amides is 1. The molecule has 168 valence electrons. The molecule has 1 amide bonds. The number of carbonyl (C=O) groups is 1. The Hall–Kier alpha value is -3.29. The van der Waals surface area contributed by atoms with Gasteiger partial charge in [0.25, 0.3) is 5.91 Å². The Balaban J connectivity index is 1.73. The highest BCUT2D eigenvalue weighted by atomic mass is 16.7. The normalized spacial score (nSPS) is 20.6. The summed E-state index contributed by atoms with van der Waals surface area (Å²) < 4.78 is 17.6. The Kier molecular flexibility index (Phi) is 6.78. The number of aliphatic hydroxyl groups excluding tert-OH is 1. The zero-order chi connectivity index (χ0) is 22.5. The summed E-state index contributed by atoms with van der Waals surface area (Å²) in [6, 6.07) is 14.3. The van der Waals surface area contributed by atoms with Crippen LogP contribution in [0.3, 0.4) is 0 Å². The average Bonchev–Trinajstić information content (AvgIpc) is 3.23. The molecule has 2 aromatic carbocycles. The van der Waals surface area contributed by atoms with Gasteiger partial charge in [0.1, 0.15) is 11.3 Å². The quantitative estimate of drug-likeness (QED) is 0.448. The first kappa shape index (κ1) is 21.9. The maximum Gasteiger partial charge on any atom is 0.290 e. The fourth-order valence-corrected chi connectivity index (χ4v) is 4.14. The second-order valence-electron chi connectivity index (χ2n) is 7.69. The number of aromatic hydroxyl groups is 1. The highest BCUT2D eigenvalue weighted by molar-refractivity contribution is 6.03. The van der Waals surface area contributed by atoms with E-state index in [9.17, 15) is 15.0 Å². The number of hydrogen-bond acceptors (Lipinski definition) is 6. The average molecular weight is 437 g/mol. The van der Waals surface area contributed by atoms with Crippen molar-refractivity contribution in [1.29, 1.82) is 0 Å². The van der Waals surface area contributed by atoms with Crippen molar-refractivity contribution in [1.82, 2.24) is 0 Å². The number of allylic oxidation sites excluding steroid dienone is 1. The van der Waals surface area contributed by atoms with Crippen LogP contribution in [0.15, 0.2) is 71.0 Å². The summed E-state index contributed by atoms with van der Waals surface area (Å²) in [7, 11) is 0. The summed E-state index contributed by atoms with van der Waals surface area (Å²) in [6.45, 7) is 2.33. The summed E-state index contributed by atoms with van der Waals surface area (Å²) in [5, 5.41) is 23.1. The number of fused-ring (bicyclic) bond motifs is 1. The largest absolute Gasteiger partial charge is 0.506 e. The second-order valence-corrected chi connectivity index (χ2v) is 7.69. The lowest BCUT2D eigenvalue weighted by atomic mass is 9.80. The highest BCUT2D eigenvalue weighted by Gasteiger charge is 2.39. The SMILES string of the molecule is CCO[C@H]1OC(C(=O)Nc2ccccc2O)=C[C@@H](c2coc3ccccc23)[C@@H]1CCCO. The van der Waals surface area contributed by atoms with Crippen molar-refractivity contribution in [2.24, 2.45) is 5.92 Å². The molecule has 3 N–H and O–H groups in total. The molecular formula is C25H27NO6. The van der Waals surface area contributed by atoms with E-state index in [-0.39, 0.29) is 30.0 Å². The van der Waals surface area contributed by atoms with E-state index in [0.29, 0.717) is 25.1 Å². The number of benzene rings is 2. The second kappa shape index (κ2) is 9.89. The van der Waals surface area contributed by atoms with E-state index in [2.05, 4.69) is 5.32 Å². The van der Waals surface area contributed by atoms with Crippen LogP contribution in [0.4, 0.5) is 5.69 Å². The molecule has 2 heterocycles. The van der Waals surface area contributed by atoms with Gasteiger partial charge in [0.05, 0.1) is 12.0 Å². The Morgan fingerprint density at radius 3 is 2.72 bits per heavy atom. The van der Waals surface area contributed by atoms with Gasteiger partial charge in [-0.3, -0.25) is 4.79 Å². The molecule has 7 nitrogen and oxygen atoms in total. The molecular weight excluding hydrogens is 410 g/mol. The number of aliphatic hydroxyl groups is 1. The van der Waals surface area contributed by atoms with Gasteiger partial charge < -0.3 is 29.4 Å². The van der Waals surface area contributed by atoms with Crippen molar-refractivity contribution in [3.05, 3.63) is 72.2 Å². The minimum atomic E-state index is -0.666. The van der Waals surface area contributed by atoms with Crippen LogP contribution < -0.4 is 5.32 Å². The van der Waals surface area contributed by atoms with Gasteiger partial charge in [-0.15, -0.1) is 0 Å². The van der Waals surface area contributed by atoms with Gasteiger partial charge in [0.15, 0.2) is 5.76 Å². The standard InChI is InChI=1S/C25H27NO6/c1-2-30-25-17(9-7-13-27)18(19-15-31-22-12-6-3-8-16(19)22)14-23(32-25)24(29)26-20-10-4-5-11-21(20)28/h3-6,8,10-12,14-15,17-18,25,27-28H,2,7,9,13H2,1H3,(H,26,29)/t17-,18+,25-/m0/s1. The molecule has 1 aliphatic heterocycles. The molecule has 0 aliphatic carbocycles. The predicted octanol–water partition coefficient (Wildman–Crippen LogP) is 4.53. The van der Waals surface area contributed by atoms with Gasteiger partial charge in [-0.25, -0.2) is 0 Å². The number of carbonyl (C=O) groups excluding carboxylic acids is 1. The van der Waals surface area contributed by atoms with Crippen LogP contribution in [0.5, 0.6) is 5.75 Å². The molecule has 0 saturated heterocycles. The summed E-state index contributed by atoms with van der Waals surface area (Å²) in [4.78, 5) is 13.0. The van der Waals surface area contributed by atoms with Crippen molar-refractivity contribution in [2.45, 2.75) is 32.0 Å². The van der Waals surface area contributed by atoms with Crippen LogP contribution in [0.1, 0.15) is 31.2 Å². The summed E-state index contributed by atoms with van der Waals surface area (Å²) >= 11 is 0. The first-order valence-electron chi connectivity index (χ1n) is 10.8. The zero-order valence-corrected chi connectivity index (χ0v) is 17.9. The molecule has 32 heavy (non-hydrogen) atoms. The molecule has 0 unspecified atom stereocenters. The van der Waals surface area contributed by atoms with E-state index < -0.39 is 12.2 Å². The molecule has 0 radical (unpaired) electrons. The number of para-hydroxylation sites is 3. The molecule has 3 aromatic rings. The minimum absolute atomic E-state index is 0.0307. The first-order chi connectivity index (χ1) is 15.6. The molecule has 0 bridgehead atoms. The molecule has 4 rings (SSSR count). The predicted molar refractivity (Wildman–Crippen MR) is 120 cm³/mol.